The second kappa shape index (κ2) is 3.39. The molecule has 0 saturated carbocycles. The van der Waals surface area contributed by atoms with E-state index in [0.29, 0.717) is 5.56 Å². The Labute approximate surface area is 98.6 Å². The van der Waals surface area contributed by atoms with Crippen LogP contribution in [-0.4, -0.2) is 11.6 Å². The lowest BCUT2D eigenvalue weighted by Crippen LogP contribution is -2.10. The molecule has 2 aromatic carbocycles. The lowest BCUT2D eigenvalue weighted by atomic mass is 9.95. The number of hydrogen-bond donors (Lipinski definition) is 0. The van der Waals surface area contributed by atoms with E-state index >= 15 is 0 Å². The van der Waals surface area contributed by atoms with E-state index < -0.39 is 11.6 Å². The normalized spacial score (nSPS) is 14.2. The number of ketones is 2. The standard InChI is InChI=1S/C15H10O2/c1-9-5-6-10-3-2-4-12-14(10)11(9)7-8-13(16)15(12)17/h2-8H,1H3. The van der Waals surface area contributed by atoms with Crippen molar-refractivity contribution in [3.63, 3.8) is 0 Å². The summed E-state index contributed by atoms with van der Waals surface area (Å²) in [5, 5.41) is 1.88. The van der Waals surface area contributed by atoms with Crippen molar-refractivity contribution >= 4 is 28.4 Å². The average molecular weight is 222 g/mol. The van der Waals surface area contributed by atoms with Crippen LogP contribution in [0.4, 0.5) is 0 Å². The summed E-state index contributed by atoms with van der Waals surface area (Å²) in [6.45, 7) is 1.98. The van der Waals surface area contributed by atoms with E-state index in [2.05, 4.69) is 0 Å². The van der Waals surface area contributed by atoms with Gasteiger partial charge in [-0.2, -0.15) is 0 Å². The molecule has 1 aliphatic carbocycles. The van der Waals surface area contributed by atoms with Crippen molar-refractivity contribution in [2.45, 2.75) is 6.92 Å². The van der Waals surface area contributed by atoms with E-state index in [0.717, 1.165) is 21.9 Å². The number of carbonyl (C=O) groups excluding carboxylic acids is 2. The van der Waals surface area contributed by atoms with E-state index in [1.54, 1.807) is 12.1 Å². The van der Waals surface area contributed by atoms with Crippen LogP contribution in [0.1, 0.15) is 21.5 Å². The van der Waals surface area contributed by atoms with Gasteiger partial charge in [0.1, 0.15) is 0 Å². The Hall–Kier alpha value is -2.22. The first-order chi connectivity index (χ1) is 8.18. The van der Waals surface area contributed by atoms with Gasteiger partial charge >= 0.3 is 0 Å². The molecular formula is C15H10O2. The molecule has 0 bridgehead atoms. The molecule has 0 aliphatic heterocycles. The Morgan fingerprint density at radius 1 is 0.941 bits per heavy atom. The summed E-state index contributed by atoms with van der Waals surface area (Å²) in [4.78, 5) is 23.5. The van der Waals surface area contributed by atoms with Crippen molar-refractivity contribution in [1.82, 2.24) is 0 Å². The average Bonchev–Trinajstić information content (AvgIpc) is 2.47. The molecule has 0 amide bonds. The Morgan fingerprint density at radius 3 is 2.59 bits per heavy atom. The Bertz CT molecular complexity index is 693. The summed E-state index contributed by atoms with van der Waals surface area (Å²) in [6, 6.07) is 9.48. The maximum Gasteiger partial charge on any atom is 0.233 e. The van der Waals surface area contributed by atoms with Gasteiger partial charge in [-0.15, -0.1) is 0 Å². The third-order valence-corrected chi connectivity index (χ3v) is 3.17. The molecule has 0 spiro atoms. The van der Waals surface area contributed by atoms with Gasteiger partial charge in [0.25, 0.3) is 0 Å². The van der Waals surface area contributed by atoms with Crippen LogP contribution in [0, 0.1) is 6.92 Å². The zero-order chi connectivity index (χ0) is 12.0. The van der Waals surface area contributed by atoms with Crippen molar-refractivity contribution in [2.24, 2.45) is 0 Å². The highest BCUT2D eigenvalue weighted by Crippen LogP contribution is 2.29. The fraction of sp³-hybridized carbons (Fsp3) is 0.0667. The zero-order valence-electron chi connectivity index (χ0n) is 9.36. The van der Waals surface area contributed by atoms with Crippen LogP contribution in [0.2, 0.25) is 0 Å². The lowest BCUT2D eigenvalue weighted by molar-refractivity contribution is -0.110. The second-order valence-electron chi connectivity index (χ2n) is 4.23. The molecule has 0 fully saturated rings. The maximum atomic E-state index is 11.9. The summed E-state index contributed by atoms with van der Waals surface area (Å²) in [5.74, 6) is -0.871. The van der Waals surface area contributed by atoms with E-state index in [4.69, 9.17) is 0 Å². The number of carbonyl (C=O) groups is 2. The number of Topliss-reactive ketones (excluding diaryl/α,β-unsaturated/α-hetero) is 1. The first-order valence-corrected chi connectivity index (χ1v) is 5.47. The van der Waals surface area contributed by atoms with Crippen molar-refractivity contribution in [2.75, 3.05) is 0 Å². The van der Waals surface area contributed by atoms with Gasteiger partial charge in [0, 0.05) is 10.9 Å². The molecule has 82 valence electrons. The number of rotatable bonds is 0. The highest BCUT2D eigenvalue weighted by atomic mass is 16.2. The molecule has 3 rings (SSSR count). The van der Waals surface area contributed by atoms with E-state index in [-0.39, 0.29) is 0 Å². The van der Waals surface area contributed by atoms with Crippen LogP contribution in [0.15, 0.2) is 36.4 Å². The van der Waals surface area contributed by atoms with Gasteiger partial charge in [0.15, 0.2) is 0 Å². The second-order valence-corrected chi connectivity index (χ2v) is 4.23. The SMILES string of the molecule is Cc1ccc2cccc3c2c1C=CC(=O)C3=O. The predicted molar refractivity (Wildman–Crippen MR) is 67.1 cm³/mol. The van der Waals surface area contributed by atoms with Gasteiger partial charge in [-0.1, -0.05) is 36.4 Å². The summed E-state index contributed by atoms with van der Waals surface area (Å²) in [6.07, 6.45) is 3.11. The maximum absolute atomic E-state index is 11.9. The molecule has 0 N–H and O–H groups in total. The van der Waals surface area contributed by atoms with Gasteiger partial charge in [0.2, 0.25) is 11.6 Å². The van der Waals surface area contributed by atoms with Crippen LogP contribution in [-0.2, 0) is 4.79 Å². The fourth-order valence-corrected chi connectivity index (χ4v) is 2.28. The first kappa shape index (κ1) is 9.97. The molecule has 2 aromatic rings. The Morgan fingerprint density at radius 2 is 1.76 bits per heavy atom. The number of allylic oxidation sites excluding steroid dienone is 1. The van der Waals surface area contributed by atoms with E-state index in [1.165, 1.54) is 6.08 Å². The number of aryl methyl sites for hydroxylation is 1. The van der Waals surface area contributed by atoms with Crippen LogP contribution in [0.3, 0.4) is 0 Å². The summed E-state index contributed by atoms with van der Waals surface area (Å²) < 4.78 is 0. The fourth-order valence-electron chi connectivity index (χ4n) is 2.28. The molecule has 0 saturated heterocycles. The van der Waals surface area contributed by atoms with Crippen molar-refractivity contribution < 1.29 is 9.59 Å². The first-order valence-electron chi connectivity index (χ1n) is 5.47. The third kappa shape index (κ3) is 1.34. The Balaban J connectivity index is 2.56. The predicted octanol–water partition coefficient (Wildman–Crippen LogP) is 2.93. The molecule has 0 radical (unpaired) electrons. The zero-order valence-corrected chi connectivity index (χ0v) is 9.36. The van der Waals surface area contributed by atoms with Crippen molar-refractivity contribution in [3.05, 3.63) is 53.1 Å². The quantitative estimate of drug-likeness (QED) is 0.642. The largest absolute Gasteiger partial charge is 0.286 e. The van der Waals surface area contributed by atoms with Gasteiger partial charge in [-0.25, -0.2) is 0 Å². The van der Waals surface area contributed by atoms with Crippen molar-refractivity contribution in [1.29, 1.82) is 0 Å². The molecule has 2 nitrogen and oxygen atoms in total. The van der Waals surface area contributed by atoms with Crippen LogP contribution in [0.5, 0.6) is 0 Å². The molecule has 0 atom stereocenters. The summed E-state index contributed by atoms with van der Waals surface area (Å²) in [7, 11) is 0. The van der Waals surface area contributed by atoms with Crippen LogP contribution in [0.25, 0.3) is 16.8 Å². The smallest absolute Gasteiger partial charge is 0.233 e. The Kier molecular flexibility index (Phi) is 1.99. The van der Waals surface area contributed by atoms with Gasteiger partial charge < -0.3 is 0 Å². The highest BCUT2D eigenvalue weighted by Gasteiger charge is 2.21. The third-order valence-electron chi connectivity index (χ3n) is 3.17. The van der Waals surface area contributed by atoms with Gasteiger partial charge in [-0.3, -0.25) is 9.59 Å². The molecule has 17 heavy (non-hydrogen) atoms. The van der Waals surface area contributed by atoms with E-state index in [1.807, 2.05) is 31.2 Å². The highest BCUT2D eigenvalue weighted by molar-refractivity contribution is 6.50. The molecule has 1 aliphatic rings. The number of benzene rings is 2. The number of hydrogen-bond acceptors (Lipinski definition) is 2. The molecule has 2 heteroatoms. The van der Waals surface area contributed by atoms with Crippen molar-refractivity contribution in [3.8, 4) is 0 Å². The minimum Gasteiger partial charge on any atom is -0.286 e. The topological polar surface area (TPSA) is 34.1 Å². The molecule has 0 unspecified atom stereocenters. The van der Waals surface area contributed by atoms with Crippen LogP contribution < -0.4 is 0 Å². The summed E-state index contributed by atoms with van der Waals surface area (Å²) in [5.41, 5.74) is 2.55. The monoisotopic (exact) mass is 222 g/mol. The molecular weight excluding hydrogens is 212 g/mol. The minimum absolute atomic E-state index is 0.420. The van der Waals surface area contributed by atoms with Crippen LogP contribution >= 0.6 is 0 Å². The van der Waals surface area contributed by atoms with E-state index in [9.17, 15) is 9.59 Å². The lowest BCUT2D eigenvalue weighted by Gasteiger charge is -2.08. The minimum atomic E-state index is -0.451. The molecule has 0 aromatic heterocycles. The van der Waals surface area contributed by atoms with Gasteiger partial charge in [0.05, 0.1) is 0 Å². The summed E-state index contributed by atoms with van der Waals surface area (Å²) >= 11 is 0. The molecule has 0 heterocycles. The van der Waals surface area contributed by atoms with Gasteiger partial charge in [-0.05, 0) is 29.5 Å².